The van der Waals surface area contributed by atoms with E-state index in [-0.39, 0.29) is 11.6 Å². The van der Waals surface area contributed by atoms with Gasteiger partial charge in [0.2, 0.25) is 0 Å². The van der Waals surface area contributed by atoms with Crippen LogP contribution in [0.1, 0.15) is 58.8 Å². The van der Waals surface area contributed by atoms with Crippen LogP contribution < -0.4 is 0 Å². The normalized spacial score (nSPS) is 33.3. The van der Waals surface area contributed by atoms with Gasteiger partial charge in [0.25, 0.3) is 0 Å². The van der Waals surface area contributed by atoms with Crippen molar-refractivity contribution in [2.75, 3.05) is 14.1 Å². The molecule has 0 spiro atoms. The Bertz CT molecular complexity index is 272. The highest BCUT2D eigenvalue weighted by atomic mass is 16.3. The Morgan fingerprint density at radius 3 is 2.22 bits per heavy atom. The number of likely N-dealkylation sites (N-methyl/N-ethyl adjacent to an activating group) is 1. The third kappa shape index (κ3) is 2.34. The van der Waals surface area contributed by atoms with Crippen molar-refractivity contribution >= 4 is 0 Å². The summed E-state index contributed by atoms with van der Waals surface area (Å²) in [5.41, 5.74) is -0.0121. The van der Waals surface area contributed by atoms with Crippen LogP contribution in [0.4, 0.5) is 0 Å². The van der Waals surface area contributed by atoms with Gasteiger partial charge in [0.1, 0.15) is 0 Å². The van der Waals surface area contributed by atoms with E-state index in [0.717, 1.165) is 37.0 Å². The van der Waals surface area contributed by atoms with E-state index in [2.05, 4.69) is 32.8 Å². The van der Waals surface area contributed by atoms with Gasteiger partial charge in [-0.3, -0.25) is 0 Å². The van der Waals surface area contributed by atoms with Crippen LogP contribution in [0.3, 0.4) is 0 Å². The van der Waals surface area contributed by atoms with E-state index in [1.54, 1.807) is 0 Å². The molecule has 0 aromatic carbocycles. The minimum atomic E-state index is -0.160. The smallest absolute Gasteiger partial charge is 0.0726 e. The highest BCUT2D eigenvalue weighted by Gasteiger charge is 2.44. The summed E-state index contributed by atoms with van der Waals surface area (Å²) >= 11 is 0. The minimum Gasteiger partial charge on any atom is -0.391 e. The Morgan fingerprint density at radius 1 is 1.17 bits per heavy atom. The van der Waals surface area contributed by atoms with Crippen LogP contribution in [0.15, 0.2) is 0 Å². The Balaban J connectivity index is 1.99. The molecule has 0 radical (unpaired) electrons. The molecule has 2 saturated carbocycles. The summed E-state index contributed by atoms with van der Waals surface area (Å²) < 4.78 is 0. The summed E-state index contributed by atoms with van der Waals surface area (Å²) in [6.45, 7) is 4.43. The van der Waals surface area contributed by atoms with E-state index in [4.69, 9.17) is 0 Å². The largest absolute Gasteiger partial charge is 0.391 e. The Labute approximate surface area is 113 Å². The molecule has 2 bridgehead atoms. The number of hydrogen-bond acceptors (Lipinski definition) is 2. The van der Waals surface area contributed by atoms with Crippen molar-refractivity contribution in [2.45, 2.75) is 70.4 Å². The number of hydrogen-bond donors (Lipinski definition) is 1. The van der Waals surface area contributed by atoms with Gasteiger partial charge in [0.15, 0.2) is 0 Å². The molecule has 2 nitrogen and oxygen atoms in total. The Kier molecular flexibility index (Phi) is 4.38. The Hall–Kier alpha value is -0.0800. The molecule has 0 aromatic rings. The molecule has 0 amide bonds. The summed E-state index contributed by atoms with van der Waals surface area (Å²) in [7, 11) is 4.24. The van der Waals surface area contributed by atoms with E-state index in [1.165, 1.54) is 25.7 Å². The molecular formula is C16H31NO. The van der Waals surface area contributed by atoms with Crippen molar-refractivity contribution in [3.63, 3.8) is 0 Å². The summed E-state index contributed by atoms with van der Waals surface area (Å²) in [6, 6.07) is 0. The topological polar surface area (TPSA) is 23.5 Å². The van der Waals surface area contributed by atoms with Crippen molar-refractivity contribution in [3.05, 3.63) is 0 Å². The van der Waals surface area contributed by atoms with Crippen LogP contribution in [0, 0.1) is 17.8 Å². The maximum absolute atomic E-state index is 10.8. The molecule has 18 heavy (non-hydrogen) atoms. The standard InChI is InChI=1S/C16H31NO/c1-5-16(6-2,17(3)4)15(18)11-14-10-12-7-8-13(14)9-12/h12-15,18H,5-11H2,1-4H3. The van der Waals surface area contributed by atoms with Gasteiger partial charge in [-0.25, -0.2) is 0 Å². The lowest BCUT2D eigenvalue weighted by Gasteiger charge is -2.44. The predicted molar refractivity (Wildman–Crippen MR) is 76.6 cm³/mol. The fourth-order valence-corrected chi connectivity index (χ4v) is 4.82. The molecule has 0 saturated heterocycles. The second-order valence-electron chi connectivity index (χ2n) is 6.89. The number of fused-ring (bicyclic) bond motifs is 2. The quantitative estimate of drug-likeness (QED) is 0.785. The van der Waals surface area contributed by atoms with E-state index >= 15 is 0 Å². The Morgan fingerprint density at radius 2 is 1.83 bits per heavy atom. The molecule has 0 aliphatic heterocycles. The third-order valence-corrected chi connectivity index (χ3v) is 6.15. The maximum Gasteiger partial charge on any atom is 0.0726 e. The molecule has 106 valence electrons. The van der Waals surface area contributed by atoms with Crippen LogP contribution in [0.2, 0.25) is 0 Å². The molecule has 4 atom stereocenters. The maximum atomic E-state index is 10.8. The molecule has 0 heterocycles. The molecule has 1 N–H and O–H groups in total. The second kappa shape index (κ2) is 5.50. The minimum absolute atomic E-state index is 0.0121. The highest BCUT2D eigenvalue weighted by Crippen LogP contribution is 2.50. The first-order valence-corrected chi connectivity index (χ1v) is 7.89. The van der Waals surface area contributed by atoms with E-state index in [9.17, 15) is 5.11 Å². The fourth-order valence-electron chi connectivity index (χ4n) is 4.82. The van der Waals surface area contributed by atoms with E-state index in [1.807, 2.05) is 0 Å². The lowest BCUT2D eigenvalue weighted by atomic mass is 9.77. The second-order valence-corrected chi connectivity index (χ2v) is 6.89. The highest BCUT2D eigenvalue weighted by molar-refractivity contribution is 4.97. The zero-order chi connectivity index (χ0) is 13.3. The lowest BCUT2D eigenvalue weighted by Crippen LogP contribution is -2.53. The van der Waals surface area contributed by atoms with Gasteiger partial charge < -0.3 is 10.0 Å². The van der Waals surface area contributed by atoms with Crippen LogP contribution in [-0.2, 0) is 0 Å². The molecule has 2 fully saturated rings. The number of nitrogens with zero attached hydrogens (tertiary/aromatic N) is 1. The predicted octanol–water partition coefficient (Wildman–Crippen LogP) is 3.29. The van der Waals surface area contributed by atoms with Gasteiger partial charge in [0, 0.05) is 5.54 Å². The van der Waals surface area contributed by atoms with Gasteiger partial charge in [-0.05, 0) is 70.4 Å². The van der Waals surface area contributed by atoms with Crippen molar-refractivity contribution in [2.24, 2.45) is 17.8 Å². The SMILES string of the molecule is CCC(CC)(C(O)CC1CC2CCC1C2)N(C)C. The van der Waals surface area contributed by atoms with Gasteiger partial charge in [-0.15, -0.1) is 0 Å². The molecule has 2 aliphatic carbocycles. The average molecular weight is 253 g/mol. The molecule has 2 heteroatoms. The lowest BCUT2D eigenvalue weighted by molar-refractivity contribution is -0.0302. The van der Waals surface area contributed by atoms with Gasteiger partial charge in [-0.1, -0.05) is 20.3 Å². The van der Waals surface area contributed by atoms with Gasteiger partial charge in [-0.2, -0.15) is 0 Å². The summed E-state index contributed by atoms with van der Waals surface area (Å²) in [6.07, 6.45) is 8.67. The monoisotopic (exact) mass is 253 g/mol. The molecule has 4 unspecified atom stereocenters. The van der Waals surface area contributed by atoms with E-state index in [0.29, 0.717) is 0 Å². The first kappa shape index (κ1) is 14.3. The van der Waals surface area contributed by atoms with Crippen molar-refractivity contribution in [1.82, 2.24) is 4.90 Å². The van der Waals surface area contributed by atoms with Gasteiger partial charge >= 0.3 is 0 Å². The summed E-state index contributed by atoms with van der Waals surface area (Å²) in [5, 5.41) is 10.8. The van der Waals surface area contributed by atoms with Crippen molar-refractivity contribution < 1.29 is 5.11 Å². The number of aliphatic hydroxyl groups excluding tert-OH is 1. The summed E-state index contributed by atoms with van der Waals surface area (Å²) in [5.74, 6) is 2.72. The van der Waals surface area contributed by atoms with Gasteiger partial charge in [0.05, 0.1) is 6.10 Å². The van der Waals surface area contributed by atoms with Crippen LogP contribution >= 0.6 is 0 Å². The molecular weight excluding hydrogens is 222 g/mol. The van der Waals surface area contributed by atoms with Crippen LogP contribution in [-0.4, -0.2) is 35.7 Å². The zero-order valence-corrected chi connectivity index (χ0v) is 12.7. The molecule has 0 aromatic heterocycles. The van der Waals surface area contributed by atoms with E-state index < -0.39 is 0 Å². The zero-order valence-electron chi connectivity index (χ0n) is 12.7. The first-order valence-electron chi connectivity index (χ1n) is 7.89. The molecule has 2 rings (SSSR count). The van der Waals surface area contributed by atoms with Crippen molar-refractivity contribution in [1.29, 1.82) is 0 Å². The first-order chi connectivity index (χ1) is 8.53. The summed E-state index contributed by atoms with van der Waals surface area (Å²) in [4.78, 5) is 2.25. The average Bonchev–Trinajstić information content (AvgIpc) is 2.92. The fraction of sp³-hybridized carbons (Fsp3) is 1.00. The van der Waals surface area contributed by atoms with Crippen LogP contribution in [0.25, 0.3) is 0 Å². The third-order valence-electron chi connectivity index (χ3n) is 6.15. The molecule has 2 aliphatic rings. The van der Waals surface area contributed by atoms with Crippen molar-refractivity contribution in [3.8, 4) is 0 Å². The number of rotatable bonds is 6. The van der Waals surface area contributed by atoms with Crippen LogP contribution in [0.5, 0.6) is 0 Å². The number of aliphatic hydroxyl groups is 1.